The molecule has 0 aromatic heterocycles. The van der Waals surface area contributed by atoms with Gasteiger partial charge in [0.25, 0.3) is 0 Å². The van der Waals surface area contributed by atoms with E-state index in [0.29, 0.717) is 22.9 Å². The molecule has 0 aliphatic carbocycles. The molecule has 0 radical (unpaired) electrons. The van der Waals surface area contributed by atoms with Gasteiger partial charge in [0.1, 0.15) is 10.6 Å². The standard InChI is InChI=1S/C25H26ClF2NO5S2/c26-16-2-4-17(5-3-16)36(31,32)25-9-12-33-21(8-13-35-15-22(30)29-10-1-11-29)18(25)14-34-24-20(28)7-6-19(27)23(24)25/h2-7,18,21H,1,8-15H2/t18-,21-,25-/m0/s1. The highest BCUT2D eigenvalue weighted by Crippen LogP contribution is 2.56. The minimum Gasteiger partial charge on any atom is -0.490 e. The number of carbonyl (C=O) groups is 1. The van der Waals surface area contributed by atoms with Crippen molar-refractivity contribution in [1.82, 2.24) is 4.90 Å². The minimum absolute atomic E-state index is 0.0245. The average molecular weight is 558 g/mol. The first-order chi connectivity index (χ1) is 17.3. The predicted molar refractivity (Wildman–Crippen MR) is 133 cm³/mol. The van der Waals surface area contributed by atoms with Crippen molar-refractivity contribution in [1.29, 1.82) is 0 Å². The first kappa shape index (κ1) is 25.8. The molecule has 0 N–H and O–H groups in total. The van der Waals surface area contributed by atoms with Crippen molar-refractivity contribution in [3.8, 4) is 5.75 Å². The van der Waals surface area contributed by atoms with Gasteiger partial charge in [-0.1, -0.05) is 11.6 Å². The van der Waals surface area contributed by atoms with Gasteiger partial charge in [0.05, 0.1) is 28.9 Å². The summed E-state index contributed by atoms with van der Waals surface area (Å²) in [6.45, 7) is 1.50. The molecule has 3 heterocycles. The van der Waals surface area contributed by atoms with Crippen molar-refractivity contribution in [2.45, 2.75) is 35.0 Å². The summed E-state index contributed by atoms with van der Waals surface area (Å²) >= 11 is 7.44. The van der Waals surface area contributed by atoms with Crippen LogP contribution in [0, 0.1) is 17.6 Å². The maximum atomic E-state index is 15.4. The molecule has 2 fully saturated rings. The smallest absolute Gasteiger partial charge is 0.232 e. The number of carbonyl (C=O) groups excluding carboxylic acids is 1. The van der Waals surface area contributed by atoms with Gasteiger partial charge in [-0.2, -0.15) is 11.8 Å². The summed E-state index contributed by atoms with van der Waals surface area (Å²) in [5.41, 5.74) is -0.275. The van der Waals surface area contributed by atoms with E-state index in [-0.39, 0.29) is 41.8 Å². The van der Waals surface area contributed by atoms with E-state index in [9.17, 15) is 17.6 Å². The van der Waals surface area contributed by atoms with Crippen LogP contribution in [0.15, 0.2) is 41.3 Å². The molecule has 194 valence electrons. The molecule has 0 bridgehead atoms. The average Bonchev–Trinajstić information content (AvgIpc) is 2.82. The molecule has 2 aromatic rings. The van der Waals surface area contributed by atoms with Crippen LogP contribution in [0.1, 0.15) is 24.8 Å². The Balaban J connectivity index is 1.49. The zero-order valence-electron chi connectivity index (χ0n) is 19.4. The predicted octanol–water partition coefficient (Wildman–Crippen LogP) is 4.44. The molecule has 1 amide bonds. The second-order valence-electron chi connectivity index (χ2n) is 9.23. The fourth-order valence-electron chi connectivity index (χ4n) is 5.35. The van der Waals surface area contributed by atoms with E-state index in [1.165, 1.54) is 36.0 Å². The first-order valence-electron chi connectivity index (χ1n) is 11.8. The lowest BCUT2D eigenvalue weighted by Crippen LogP contribution is -2.57. The van der Waals surface area contributed by atoms with Crippen LogP contribution in [0.3, 0.4) is 0 Å². The summed E-state index contributed by atoms with van der Waals surface area (Å²) in [4.78, 5) is 13.9. The molecule has 0 unspecified atom stereocenters. The van der Waals surface area contributed by atoms with Gasteiger partial charge in [-0.3, -0.25) is 4.79 Å². The van der Waals surface area contributed by atoms with Crippen molar-refractivity contribution in [2.24, 2.45) is 5.92 Å². The first-order valence-corrected chi connectivity index (χ1v) is 14.9. The van der Waals surface area contributed by atoms with Crippen LogP contribution in [0.25, 0.3) is 0 Å². The van der Waals surface area contributed by atoms with Crippen LogP contribution >= 0.6 is 23.4 Å². The third-order valence-corrected chi connectivity index (χ3v) is 11.1. The van der Waals surface area contributed by atoms with Gasteiger partial charge in [-0.25, -0.2) is 17.2 Å². The molecule has 0 saturated carbocycles. The number of hydrogen-bond acceptors (Lipinski definition) is 6. The molecule has 5 rings (SSSR count). The molecule has 2 aromatic carbocycles. The number of amides is 1. The van der Waals surface area contributed by atoms with E-state index < -0.39 is 38.2 Å². The molecule has 3 aliphatic heterocycles. The largest absolute Gasteiger partial charge is 0.490 e. The highest BCUT2D eigenvalue weighted by molar-refractivity contribution is 7.99. The highest BCUT2D eigenvalue weighted by Gasteiger charge is 2.61. The summed E-state index contributed by atoms with van der Waals surface area (Å²) in [6.07, 6.45) is 0.840. The van der Waals surface area contributed by atoms with Crippen LogP contribution in [-0.2, 0) is 24.1 Å². The molecule has 2 saturated heterocycles. The van der Waals surface area contributed by atoms with E-state index >= 15 is 4.39 Å². The lowest BCUT2D eigenvalue weighted by molar-refractivity contribution is -0.131. The van der Waals surface area contributed by atoms with Crippen molar-refractivity contribution >= 4 is 39.1 Å². The summed E-state index contributed by atoms with van der Waals surface area (Å²) < 4.78 is 68.6. The number of nitrogens with zero attached hydrogens (tertiary/aromatic N) is 1. The summed E-state index contributed by atoms with van der Waals surface area (Å²) in [6, 6.07) is 7.59. The lowest BCUT2D eigenvalue weighted by atomic mass is 9.75. The number of likely N-dealkylation sites (tertiary alicyclic amines) is 1. The maximum absolute atomic E-state index is 15.4. The van der Waals surface area contributed by atoms with Gasteiger partial charge in [0, 0.05) is 30.6 Å². The second-order valence-corrected chi connectivity index (χ2v) is 13.0. The Hall–Kier alpha value is -1.88. The van der Waals surface area contributed by atoms with Crippen molar-refractivity contribution in [2.75, 3.05) is 37.8 Å². The number of ether oxygens (including phenoxy) is 2. The van der Waals surface area contributed by atoms with Crippen molar-refractivity contribution in [3.05, 3.63) is 58.6 Å². The molecular formula is C25H26ClF2NO5S2. The van der Waals surface area contributed by atoms with E-state index in [4.69, 9.17) is 21.1 Å². The number of fused-ring (bicyclic) bond motifs is 3. The van der Waals surface area contributed by atoms with Crippen molar-refractivity contribution in [3.63, 3.8) is 0 Å². The topological polar surface area (TPSA) is 72.9 Å². The molecule has 36 heavy (non-hydrogen) atoms. The SMILES string of the molecule is O=C(CSCC[C@@H]1OCC[C@@]2(S(=O)(=O)c3ccc(Cl)cc3)c3c(F)ccc(F)c3OC[C@@H]12)N1CCC1. The molecule has 0 spiro atoms. The molecule has 3 aliphatic rings. The number of rotatable bonds is 7. The van der Waals surface area contributed by atoms with Crippen molar-refractivity contribution < 1.29 is 31.5 Å². The monoisotopic (exact) mass is 557 g/mol. The maximum Gasteiger partial charge on any atom is 0.232 e. The van der Waals surface area contributed by atoms with Gasteiger partial charge in [0.15, 0.2) is 21.4 Å². The number of halogens is 3. The van der Waals surface area contributed by atoms with Crippen LogP contribution in [-0.4, -0.2) is 63.1 Å². The van der Waals surface area contributed by atoms with E-state index in [0.717, 1.165) is 31.6 Å². The fraction of sp³-hybridized carbons (Fsp3) is 0.480. The van der Waals surface area contributed by atoms with E-state index in [2.05, 4.69) is 0 Å². The minimum atomic E-state index is -4.23. The quantitative estimate of drug-likeness (QED) is 0.469. The second kappa shape index (κ2) is 10.1. The molecule has 6 nitrogen and oxygen atoms in total. The van der Waals surface area contributed by atoms with Crippen LogP contribution in [0.4, 0.5) is 8.78 Å². The van der Waals surface area contributed by atoms with E-state index in [1.807, 2.05) is 0 Å². The van der Waals surface area contributed by atoms with Crippen LogP contribution in [0.5, 0.6) is 5.75 Å². The lowest BCUT2D eigenvalue weighted by Gasteiger charge is -2.50. The third-order valence-electron chi connectivity index (χ3n) is 7.33. The Morgan fingerprint density at radius 2 is 1.86 bits per heavy atom. The normalized spacial score (nSPS) is 25.4. The van der Waals surface area contributed by atoms with Crippen LogP contribution < -0.4 is 4.74 Å². The van der Waals surface area contributed by atoms with Gasteiger partial charge in [0.2, 0.25) is 5.91 Å². The Kier molecular flexibility index (Phi) is 7.24. The van der Waals surface area contributed by atoms with E-state index in [1.54, 1.807) is 4.90 Å². The number of benzene rings is 2. The molecule has 11 heteroatoms. The van der Waals surface area contributed by atoms with Gasteiger partial charge >= 0.3 is 0 Å². The van der Waals surface area contributed by atoms with Gasteiger partial charge in [-0.05, 0) is 61.4 Å². The Labute approximate surface area is 218 Å². The van der Waals surface area contributed by atoms with Crippen LogP contribution in [0.2, 0.25) is 5.02 Å². The Bertz CT molecular complexity index is 1260. The molecular weight excluding hydrogens is 532 g/mol. The fourth-order valence-corrected chi connectivity index (χ4v) is 8.72. The summed E-state index contributed by atoms with van der Waals surface area (Å²) in [5, 5.41) is 0.363. The summed E-state index contributed by atoms with van der Waals surface area (Å²) in [5.74, 6) is -1.80. The Morgan fingerprint density at radius 3 is 2.56 bits per heavy atom. The third kappa shape index (κ3) is 4.29. The molecule has 3 atom stereocenters. The number of thioether (sulfide) groups is 1. The number of sulfone groups is 1. The summed E-state index contributed by atoms with van der Waals surface area (Å²) in [7, 11) is -4.23. The Morgan fingerprint density at radius 1 is 1.14 bits per heavy atom. The zero-order chi connectivity index (χ0) is 25.5. The highest BCUT2D eigenvalue weighted by atomic mass is 35.5. The zero-order valence-corrected chi connectivity index (χ0v) is 21.8. The van der Waals surface area contributed by atoms with Gasteiger partial charge < -0.3 is 14.4 Å². The number of hydrogen-bond donors (Lipinski definition) is 0. The van der Waals surface area contributed by atoms with Gasteiger partial charge in [-0.15, -0.1) is 0 Å².